The molecule has 36 heavy (non-hydrogen) atoms. The number of hydrogen-bond acceptors (Lipinski definition) is 3. The molecule has 0 aromatic heterocycles. The van der Waals surface area contributed by atoms with Gasteiger partial charge in [0.15, 0.2) is 0 Å². The van der Waals surface area contributed by atoms with Crippen LogP contribution < -0.4 is 5.32 Å². The van der Waals surface area contributed by atoms with Gasteiger partial charge in [-0.3, -0.25) is 9.59 Å². The number of β-lactam (4-membered cyclic amide) rings is 1. The van der Waals surface area contributed by atoms with Gasteiger partial charge in [-0.15, -0.1) is 0 Å². The maximum absolute atomic E-state index is 14.2. The maximum atomic E-state index is 14.2. The SMILES string of the molecule is CN1CCC(C(=O)NC(Cc2ccccc2)c2ccccc2)(N2C(=O)CC2c2ccc(F)cc2)CC1. The Bertz CT molecular complexity index is 1190. The molecule has 2 saturated heterocycles. The van der Waals surface area contributed by atoms with Crippen molar-refractivity contribution in [2.75, 3.05) is 20.1 Å². The largest absolute Gasteiger partial charge is 0.347 e. The lowest BCUT2D eigenvalue weighted by atomic mass is 9.78. The zero-order valence-electron chi connectivity index (χ0n) is 20.6. The van der Waals surface area contributed by atoms with E-state index >= 15 is 0 Å². The quantitative estimate of drug-likeness (QED) is 0.495. The van der Waals surface area contributed by atoms with Crippen LogP contribution in [0.2, 0.25) is 0 Å². The molecule has 0 aliphatic carbocycles. The average Bonchev–Trinajstić information content (AvgIpc) is 2.90. The van der Waals surface area contributed by atoms with Crippen molar-refractivity contribution in [3.05, 3.63) is 107 Å². The maximum Gasteiger partial charge on any atom is 0.246 e. The summed E-state index contributed by atoms with van der Waals surface area (Å²) in [6.45, 7) is 1.45. The van der Waals surface area contributed by atoms with Crippen LogP contribution in [0.1, 0.15) is 48.0 Å². The van der Waals surface area contributed by atoms with Gasteiger partial charge in [0, 0.05) is 13.1 Å². The van der Waals surface area contributed by atoms with Crippen LogP contribution in [-0.4, -0.2) is 47.3 Å². The number of hydrogen-bond donors (Lipinski definition) is 1. The van der Waals surface area contributed by atoms with Crippen molar-refractivity contribution >= 4 is 11.8 Å². The number of carbonyl (C=O) groups excluding carboxylic acids is 2. The first kappa shape index (κ1) is 24.2. The first-order chi connectivity index (χ1) is 17.5. The Hall–Kier alpha value is -3.51. The predicted molar refractivity (Wildman–Crippen MR) is 138 cm³/mol. The number of halogens is 1. The summed E-state index contributed by atoms with van der Waals surface area (Å²) >= 11 is 0. The van der Waals surface area contributed by atoms with Gasteiger partial charge in [-0.2, -0.15) is 0 Å². The third kappa shape index (κ3) is 4.78. The summed E-state index contributed by atoms with van der Waals surface area (Å²) in [5, 5.41) is 3.35. The molecule has 2 atom stereocenters. The summed E-state index contributed by atoms with van der Waals surface area (Å²) in [5.74, 6) is -0.446. The van der Waals surface area contributed by atoms with E-state index < -0.39 is 5.54 Å². The molecule has 3 aromatic rings. The van der Waals surface area contributed by atoms with Gasteiger partial charge >= 0.3 is 0 Å². The highest BCUT2D eigenvalue weighted by molar-refractivity contribution is 5.95. The molecule has 2 unspecified atom stereocenters. The van der Waals surface area contributed by atoms with E-state index in [1.165, 1.54) is 12.1 Å². The van der Waals surface area contributed by atoms with Crippen LogP contribution in [0, 0.1) is 5.82 Å². The summed E-state index contributed by atoms with van der Waals surface area (Å²) in [7, 11) is 2.04. The minimum Gasteiger partial charge on any atom is -0.347 e. The Kier molecular flexibility index (Phi) is 6.88. The number of nitrogens with one attached hydrogen (secondary N) is 1. The Morgan fingerprint density at radius 1 is 0.972 bits per heavy atom. The van der Waals surface area contributed by atoms with Crippen LogP contribution in [0.4, 0.5) is 4.39 Å². The van der Waals surface area contributed by atoms with Crippen molar-refractivity contribution in [2.24, 2.45) is 0 Å². The van der Waals surface area contributed by atoms with Gasteiger partial charge in [-0.05, 0) is 55.1 Å². The molecule has 3 aromatic carbocycles. The third-order valence-electron chi connectivity index (χ3n) is 7.69. The number of carbonyl (C=O) groups is 2. The molecule has 1 N–H and O–H groups in total. The summed E-state index contributed by atoms with van der Waals surface area (Å²) in [5.41, 5.74) is 2.09. The van der Waals surface area contributed by atoms with Crippen molar-refractivity contribution in [3.63, 3.8) is 0 Å². The molecule has 2 amide bonds. The molecule has 2 fully saturated rings. The van der Waals surface area contributed by atoms with Crippen molar-refractivity contribution in [3.8, 4) is 0 Å². The van der Waals surface area contributed by atoms with E-state index in [2.05, 4.69) is 22.3 Å². The van der Waals surface area contributed by atoms with E-state index in [9.17, 15) is 14.0 Å². The van der Waals surface area contributed by atoms with Gasteiger partial charge in [-0.1, -0.05) is 72.8 Å². The highest BCUT2D eigenvalue weighted by Crippen LogP contribution is 2.45. The van der Waals surface area contributed by atoms with Crippen LogP contribution in [0.25, 0.3) is 0 Å². The summed E-state index contributed by atoms with van der Waals surface area (Å²) in [6.07, 6.45) is 2.11. The topological polar surface area (TPSA) is 52.7 Å². The van der Waals surface area contributed by atoms with Crippen molar-refractivity contribution in [1.29, 1.82) is 0 Å². The number of amides is 2. The van der Waals surface area contributed by atoms with Gasteiger partial charge in [0.25, 0.3) is 0 Å². The minimum atomic E-state index is -0.940. The summed E-state index contributed by atoms with van der Waals surface area (Å²) in [6, 6.07) is 26.0. The van der Waals surface area contributed by atoms with Crippen LogP contribution >= 0.6 is 0 Å². The second-order valence-corrected chi connectivity index (χ2v) is 10.00. The zero-order valence-corrected chi connectivity index (χ0v) is 20.6. The molecule has 5 rings (SSSR count). The van der Waals surface area contributed by atoms with Gasteiger partial charge < -0.3 is 15.1 Å². The van der Waals surface area contributed by atoms with Crippen molar-refractivity contribution < 1.29 is 14.0 Å². The number of likely N-dealkylation sites (tertiary alicyclic amines) is 2. The lowest BCUT2D eigenvalue weighted by Crippen LogP contribution is -2.69. The number of benzene rings is 3. The summed E-state index contributed by atoms with van der Waals surface area (Å²) in [4.78, 5) is 31.3. The first-order valence-electron chi connectivity index (χ1n) is 12.6. The number of nitrogens with zero attached hydrogens (tertiary/aromatic N) is 2. The van der Waals surface area contributed by atoms with Crippen molar-refractivity contribution in [1.82, 2.24) is 15.1 Å². The minimum absolute atomic E-state index is 0.0247. The van der Waals surface area contributed by atoms with E-state index in [4.69, 9.17) is 0 Å². The van der Waals surface area contributed by atoms with E-state index in [0.717, 1.165) is 29.8 Å². The van der Waals surface area contributed by atoms with Crippen LogP contribution in [0.5, 0.6) is 0 Å². The zero-order chi connectivity index (χ0) is 25.1. The standard InChI is InChI=1S/C30H32FN3O2/c1-33-18-16-30(17-19-33,34-27(21-28(34)35)24-12-14-25(31)15-13-24)29(36)32-26(23-10-6-3-7-11-23)20-22-8-4-2-5-9-22/h2-15,26-27H,16-21H2,1H3,(H,32,36). The number of rotatable bonds is 7. The second kappa shape index (κ2) is 10.2. The molecule has 0 radical (unpaired) electrons. The fourth-order valence-electron chi connectivity index (χ4n) is 5.55. The Balaban J connectivity index is 1.46. The predicted octanol–water partition coefficient (Wildman–Crippen LogP) is 4.66. The summed E-state index contributed by atoms with van der Waals surface area (Å²) < 4.78 is 13.6. The van der Waals surface area contributed by atoms with Crippen LogP contribution in [-0.2, 0) is 16.0 Å². The fraction of sp³-hybridized carbons (Fsp3) is 0.333. The Morgan fingerprint density at radius 3 is 2.19 bits per heavy atom. The lowest BCUT2D eigenvalue weighted by Gasteiger charge is -2.55. The molecule has 2 aliphatic heterocycles. The normalized spacial score (nSPS) is 20.4. The van der Waals surface area contributed by atoms with Crippen LogP contribution in [0.3, 0.4) is 0 Å². The second-order valence-electron chi connectivity index (χ2n) is 10.00. The monoisotopic (exact) mass is 485 g/mol. The van der Waals surface area contributed by atoms with Gasteiger partial charge in [-0.25, -0.2) is 4.39 Å². The molecular formula is C30H32FN3O2. The molecule has 0 saturated carbocycles. The molecule has 5 nitrogen and oxygen atoms in total. The first-order valence-corrected chi connectivity index (χ1v) is 12.6. The number of piperidine rings is 1. The van der Waals surface area contributed by atoms with Crippen LogP contribution in [0.15, 0.2) is 84.9 Å². The molecule has 0 bridgehead atoms. The van der Waals surface area contributed by atoms with Gasteiger partial charge in [0.05, 0.1) is 18.5 Å². The Labute approximate surface area is 211 Å². The lowest BCUT2D eigenvalue weighted by molar-refractivity contribution is -0.169. The molecular weight excluding hydrogens is 453 g/mol. The highest BCUT2D eigenvalue weighted by Gasteiger charge is 2.55. The third-order valence-corrected chi connectivity index (χ3v) is 7.69. The van der Waals surface area contributed by atoms with E-state index in [0.29, 0.717) is 25.7 Å². The molecule has 2 aliphatic rings. The highest BCUT2D eigenvalue weighted by atomic mass is 19.1. The van der Waals surface area contributed by atoms with E-state index in [1.807, 2.05) is 55.6 Å². The average molecular weight is 486 g/mol. The molecule has 2 heterocycles. The van der Waals surface area contributed by atoms with Gasteiger partial charge in [0.1, 0.15) is 11.4 Å². The van der Waals surface area contributed by atoms with Crippen molar-refractivity contribution in [2.45, 2.75) is 43.3 Å². The smallest absolute Gasteiger partial charge is 0.246 e. The molecule has 6 heteroatoms. The molecule has 186 valence electrons. The van der Waals surface area contributed by atoms with E-state index in [1.54, 1.807) is 17.0 Å². The molecule has 0 spiro atoms. The Morgan fingerprint density at radius 2 is 1.58 bits per heavy atom. The van der Waals surface area contributed by atoms with E-state index in [-0.39, 0.29) is 29.7 Å². The fourth-order valence-corrected chi connectivity index (χ4v) is 5.55. The van der Waals surface area contributed by atoms with Gasteiger partial charge in [0.2, 0.25) is 11.8 Å².